The first-order valence-electron chi connectivity index (χ1n) is 10.3. The fourth-order valence-electron chi connectivity index (χ4n) is 3.84. The van der Waals surface area contributed by atoms with Gasteiger partial charge in [0.05, 0.1) is 9.37 Å². The van der Waals surface area contributed by atoms with Crippen LogP contribution in [0.5, 0.6) is 0 Å². The van der Waals surface area contributed by atoms with E-state index in [-0.39, 0.29) is 15.6 Å². The van der Waals surface area contributed by atoms with E-state index in [1.165, 1.54) is 16.6 Å². The summed E-state index contributed by atoms with van der Waals surface area (Å²) in [5.74, 6) is 0.324. The number of benzene rings is 3. The van der Waals surface area contributed by atoms with E-state index in [1.807, 2.05) is 54.6 Å². The number of para-hydroxylation sites is 1. The van der Waals surface area contributed by atoms with Crippen molar-refractivity contribution in [3.05, 3.63) is 95.5 Å². The third-order valence-corrected chi connectivity index (χ3v) is 7.88. The lowest BCUT2D eigenvalue weighted by molar-refractivity contribution is 0.583. The second-order valence-corrected chi connectivity index (χ2v) is 10.2. The minimum Gasteiger partial charge on any atom is -0.454 e. The lowest BCUT2D eigenvalue weighted by atomic mass is 10.2. The molecular formula is C25H15BrN4O3S. The van der Waals surface area contributed by atoms with Gasteiger partial charge in [0.15, 0.2) is 11.4 Å². The maximum Gasteiger partial charge on any atom is 0.228 e. The fourth-order valence-corrected chi connectivity index (χ4v) is 5.73. The molecule has 0 aliphatic rings. The number of halogens is 1. The Morgan fingerprint density at radius 1 is 0.824 bits per heavy atom. The van der Waals surface area contributed by atoms with Gasteiger partial charge in [-0.1, -0.05) is 66.7 Å². The molecule has 34 heavy (non-hydrogen) atoms. The second kappa shape index (κ2) is 7.89. The maximum absolute atomic E-state index is 13.7. The number of rotatable bonds is 4. The molecule has 3 aromatic heterocycles. The summed E-state index contributed by atoms with van der Waals surface area (Å²) in [5, 5.41) is 13.8. The summed E-state index contributed by atoms with van der Waals surface area (Å²) in [6.45, 7) is 0. The molecule has 0 saturated heterocycles. The average Bonchev–Trinajstić information content (AvgIpc) is 3.45. The highest BCUT2D eigenvalue weighted by molar-refractivity contribution is 9.10. The molecule has 0 aliphatic carbocycles. The summed E-state index contributed by atoms with van der Waals surface area (Å²) >= 11 is 3.58. The topological polar surface area (TPSA) is 90.4 Å². The second-order valence-electron chi connectivity index (χ2n) is 7.58. The highest BCUT2D eigenvalue weighted by Gasteiger charge is 2.30. The first-order valence-corrected chi connectivity index (χ1v) is 12.6. The number of aromatic nitrogens is 4. The largest absolute Gasteiger partial charge is 0.454 e. The van der Waals surface area contributed by atoms with Crippen LogP contribution in [0.25, 0.3) is 39.3 Å². The standard InChI is InChI=1S/C25H15BrN4O3S/c26-21-22(16-9-3-1-4-10-16)29-30-23(20-15-17-11-7-8-14-19(17)33-20)25(28-27-24(21)30)34(31,32)18-12-5-2-6-13-18/h1-15H. The van der Waals surface area contributed by atoms with Gasteiger partial charge in [-0.05, 0) is 40.2 Å². The van der Waals surface area contributed by atoms with Crippen LogP contribution >= 0.6 is 15.9 Å². The zero-order valence-corrected chi connectivity index (χ0v) is 19.9. The first-order chi connectivity index (χ1) is 16.5. The summed E-state index contributed by atoms with van der Waals surface area (Å²) in [7, 11) is -4.02. The fraction of sp³-hybridized carbons (Fsp3) is 0. The molecule has 0 atom stereocenters. The van der Waals surface area contributed by atoms with Crippen LogP contribution in [0.1, 0.15) is 0 Å². The van der Waals surface area contributed by atoms with Crippen molar-refractivity contribution >= 4 is 42.4 Å². The molecule has 6 aromatic rings. The number of nitrogens with zero attached hydrogens (tertiary/aromatic N) is 4. The number of fused-ring (bicyclic) bond motifs is 2. The van der Waals surface area contributed by atoms with E-state index in [9.17, 15) is 8.42 Å². The average molecular weight is 531 g/mol. The Kier molecular flexibility index (Phi) is 4.82. The molecule has 9 heteroatoms. The Morgan fingerprint density at radius 2 is 1.50 bits per heavy atom. The summed E-state index contributed by atoms with van der Waals surface area (Å²) < 4.78 is 35.5. The van der Waals surface area contributed by atoms with Crippen molar-refractivity contribution in [3.63, 3.8) is 0 Å². The van der Waals surface area contributed by atoms with E-state index in [0.717, 1.165) is 10.9 Å². The molecule has 0 unspecified atom stereocenters. The third-order valence-electron chi connectivity index (χ3n) is 5.47. The molecule has 0 bridgehead atoms. The number of furan rings is 1. The van der Waals surface area contributed by atoms with Crippen molar-refractivity contribution in [1.29, 1.82) is 0 Å². The van der Waals surface area contributed by atoms with Crippen molar-refractivity contribution in [3.8, 4) is 22.7 Å². The van der Waals surface area contributed by atoms with Crippen molar-refractivity contribution in [2.75, 3.05) is 0 Å². The number of hydrogen-bond donors (Lipinski definition) is 0. The SMILES string of the molecule is O=S(=O)(c1ccccc1)c1nnc2c(Br)c(-c3ccccc3)nn2c1-c1cc2ccccc2o1. The summed E-state index contributed by atoms with van der Waals surface area (Å²) in [5.41, 5.74) is 2.67. The lowest BCUT2D eigenvalue weighted by Gasteiger charge is -2.09. The third kappa shape index (κ3) is 3.24. The van der Waals surface area contributed by atoms with Gasteiger partial charge in [0.25, 0.3) is 0 Å². The molecule has 0 N–H and O–H groups in total. The number of sulfone groups is 1. The molecule has 0 aliphatic heterocycles. The minimum atomic E-state index is -4.02. The molecule has 0 saturated carbocycles. The van der Waals surface area contributed by atoms with Gasteiger partial charge in [0.1, 0.15) is 17.0 Å². The molecule has 0 amide bonds. The highest BCUT2D eigenvalue weighted by Crippen LogP contribution is 2.37. The van der Waals surface area contributed by atoms with Gasteiger partial charge in [-0.3, -0.25) is 0 Å². The molecule has 3 aromatic carbocycles. The van der Waals surface area contributed by atoms with Crippen molar-refractivity contribution in [1.82, 2.24) is 19.8 Å². The maximum atomic E-state index is 13.7. The Labute approximate surface area is 202 Å². The Hall–Kier alpha value is -3.82. The molecule has 3 heterocycles. The van der Waals surface area contributed by atoms with Crippen LogP contribution in [0.15, 0.2) is 110 Å². The van der Waals surface area contributed by atoms with Gasteiger partial charge in [0, 0.05) is 10.9 Å². The van der Waals surface area contributed by atoms with Gasteiger partial charge in [-0.15, -0.1) is 10.2 Å². The van der Waals surface area contributed by atoms with Crippen LogP contribution in [0.4, 0.5) is 0 Å². The molecule has 7 nitrogen and oxygen atoms in total. The van der Waals surface area contributed by atoms with Crippen LogP contribution in [0.3, 0.4) is 0 Å². The first kappa shape index (κ1) is 20.8. The minimum absolute atomic E-state index is 0.107. The van der Waals surface area contributed by atoms with Crippen molar-refractivity contribution in [2.24, 2.45) is 0 Å². The van der Waals surface area contributed by atoms with Crippen LogP contribution < -0.4 is 0 Å². The van der Waals surface area contributed by atoms with Gasteiger partial charge >= 0.3 is 0 Å². The molecule has 0 radical (unpaired) electrons. The van der Waals surface area contributed by atoms with E-state index < -0.39 is 9.84 Å². The van der Waals surface area contributed by atoms with Gasteiger partial charge in [-0.2, -0.15) is 5.10 Å². The monoisotopic (exact) mass is 530 g/mol. The van der Waals surface area contributed by atoms with E-state index in [0.29, 0.717) is 27.2 Å². The van der Waals surface area contributed by atoms with Gasteiger partial charge in [-0.25, -0.2) is 12.9 Å². The van der Waals surface area contributed by atoms with E-state index >= 15 is 0 Å². The van der Waals surface area contributed by atoms with Crippen LogP contribution in [-0.4, -0.2) is 28.2 Å². The molecule has 0 fully saturated rings. The Morgan fingerprint density at radius 3 is 2.24 bits per heavy atom. The van der Waals surface area contributed by atoms with Crippen molar-refractivity contribution < 1.29 is 12.8 Å². The van der Waals surface area contributed by atoms with E-state index in [4.69, 9.17) is 9.52 Å². The molecule has 6 rings (SSSR count). The normalized spacial score (nSPS) is 11.9. The van der Waals surface area contributed by atoms with Crippen LogP contribution in [0.2, 0.25) is 0 Å². The zero-order valence-electron chi connectivity index (χ0n) is 17.5. The Balaban J connectivity index is 1.71. The van der Waals surface area contributed by atoms with Crippen LogP contribution in [0, 0.1) is 0 Å². The lowest BCUT2D eigenvalue weighted by Crippen LogP contribution is -2.12. The van der Waals surface area contributed by atoms with Crippen LogP contribution in [-0.2, 0) is 9.84 Å². The summed E-state index contributed by atoms with van der Waals surface area (Å²) in [6, 6.07) is 27.0. The predicted octanol–water partition coefficient (Wildman–Crippen LogP) is 5.80. The molecular weight excluding hydrogens is 516 g/mol. The van der Waals surface area contributed by atoms with Gasteiger partial charge < -0.3 is 4.42 Å². The molecule has 166 valence electrons. The zero-order chi connectivity index (χ0) is 23.3. The number of hydrogen-bond acceptors (Lipinski definition) is 6. The highest BCUT2D eigenvalue weighted by atomic mass is 79.9. The summed E-state index contributed by atoms with van der Waals surface area (Å²) in [6.07, 6.45) is 0. The smallest absolute Gasteiger partial charge is 0.228 e. The van der Waals surface area contributed by atoms with Gasteiger partial charge in [0.2, 0.25) is 14.9 Å². The Bertz CT molecular complexity index is 1750. The van der Waals surface area contributed by atoms with Crippen molar-refractivity contribution in [2.45, 2.75) is 9.92 Å². The predicted molar refractivity (Wildman–Crippen MR) is 131 cm³/mol. The quantitative estimate of drug-likeness (QED) is 0.286. The van der Waals surface area contributed by atoms with E-state index in [1.54, 1.807) is 24.3 Å². The molecule has 0 spiro atoms. The summed E-state index contributed by atoms with van der Waals surface area (Å²) in [4.78, 5) is 0.107. The van der Waals surface area contributed by atoms with E-state index in [2.05, 4.69) is 26.1 Å².